The van der Waals surface area contributed by atoms with Crippen LogP contribution in [0.2, 0.25) is 5.02 Å². The summed E-state index contributed by atoms with van der Waals surface area (Å²) < 4.78 is 44.7. The highest BCUT2D eigenvalue weighted by Gasteiger charge is 2.47. The van der Waals surface area contributed by atoms with E-state index in [1.54, 1.807) is 23.6 Å². The number of halogens is 4. The van der Waals surface area contributed by atoms with E-state index in [9.17, 15) is 27.9 Å². The summed E-state index contributed by atoms with van der Waals surface area (Å²) >= 11 is 7.49. The predicted octanol–water partition coefficient (Wildman–Crippen LogP) is 6.05. The van der Waals surface area contributed by atoms with Gasteiger partial charge in [0.1, 0.15) is 11.5 Å². The Balaban J connectivity index is 1.83. The largest absolute Gasteiger partial charge is 0.507 e. The molecule has 1 unspecified atom stereocenters. The van der Waals surface area contributed by atoms with Crippen LogP contribution in [0.4, 0.5) is 13.2 Å². The summed E-state index contributed by atoms with van der Waals surface area (Å²) in [5.74, 6) is -2.01. The van der Waals surface area contributed by atoms with Crippen LogP contribution < -0.4 is 4.74 Å². The topological polar surface area (TPSA) is 66.8 Å². The molecule has 1 atom stereocenters. The van der Waals surface area contributed by atoms with Crippen LogP contribution in [0.25, 0.3) is 5.76 Å². The van der Waals surface area contributed by atoms with Crippen LogP contribution in [0, 0.1) is 0 Å². The molecule has 1 fully saturated rings. The van der Waals surface area contributed by atoms with Crippen LogP contribution >= 0.6 is 22.9 Å². The Morgan fingerprint density at radius 2 is 1.91 bits per heavy atom. The molecule has 176 valence electrons. The summed E-state index contributed by atoms with van der Waals surface area (Å²) in [6.07, 6.45) is -4.56. The Bertz CT molecular complexity index is 1290. The first-order valence-electron chi connectivity index (χ1n) is 9.93. The van der Waals surface area contributed by atoms with Crippen molar-refractivity contribution in [2.45, 2.75) is 18.8 Å². The van der Waals surface area contributed by atoms with Crippen LogP contribution in [0.1, 0.15) is 27.6 Å². The maximum Gasteiger partial charge on any atom is 0.416 e. The first-order valence-corrected chi connectivity index (χ1v) is 11.2. The molecule has 0 saturated carbocycles. The average molecular weight is 508 g/mol. The van der Waals surface area contributed by atoms with Crippen molar-refractivity contribution in [1.82, 2.24) is 4.90 Å². The molecule has 2 heterocycles. The summed E-state index contributed by atoms with van der Waals surface area (Å²) in [5.41, 5.74) is -0.774. The van der Waals surface area contributed by atoms with E-state index in [1.165, 1.54) is 42.7 Å². The predicted molar refractivity (Wildman–Crippen MR) is 122 cm³/mol. The van der Waals surface area contributed by atoms with Crippen LogP contribution in [-0.2, 0) is 22.3 Å². The number of benzene rings is 2. The van der Waals surface area contributed by atoms with Gasteiger partial charge in [-0.25, -0.2) is 0 Å². The number of thiophene rings is 1. The number of methoxy groups -OCH3 is 1. The number of likely N-dealkylation sites (tertiary alicyclic amines) is 1. The van der Waals surface area contributed by atoms with Crippen molar-refractivity contribution >= 4 is 40.4 Å². The molecule has 34 heavy (non-hydrogen) atoms. The molecule has 1 N–H and O–H groups in total. The highest BCUT2D eigenvalue weighted by atomic mass is 35.5. The van der Waals surface area contributed by atoms with E-state index >= 15 is 0 Å². The minimum Gasteiger partial charge on any atom is -0.507 e. The average Bonchev–Trinajstić information content (AvgIpc) is 3.41. The summed E-state index contributed by atoms with van der Waals surface area (Å²) in [6.45, 7) is -0.264. The number of carbonyl (C=O) groups is 2. The van der Waals surface area contributed by atoms with Gasteiger partial charge in [0, 0.05) is 17.0 Å². The quantitative estimate of drug-likeness (QED) is 0.259. The van der Waals surface area contributed by atoms with Gasteiger partial charge in [-0.3, -0.25) is 9.59 Å². The third kappa shape index (κ3) is 4.41. The van der Waals surface area contributed by atoms with Crippen molar-refractivity contribution in [3.63, 3.8) is 0 Å². The molecular formula is C24H17ClF3NO4S. The van der Waals surface area contributed by atoms with Crippen LogP contribution in [0.3, 0.4) is 0 Å². The fraction of sp³-hybridized carbons (Fsp3) is 0.167. The molecule has 1 amide bonds. The Labute approximate surface area is 201 Å². The van der Waals surface area contributed by atoms with Crippen molar-refractivity contribution in [3.05, 3.63) is 92.1 Å². The van der Waals surface area contributed by atoms with E-state index in [0.29, 0.717) is 10.6 Å². The number of nitrogens with zero attached hydrogens (tertiary/aromatic N) is 1. The molecule has 1 aliphatic rings. The molecule has 3 aromatic rings. The zero-order valence-electron chi connectivity index (χ0n) is 17.6. The number of aliphatic hydroxyl groups excluding tert-OH is 1. The van der Waals surface area contributed by atoms with E-state index in [0.717, 1.165) is 17.0 Å². The van der Waals surface area contributed by atoms with Crippen molar-refractivity contribution in [1.29, 1.82) is 0 Å². The second-order valence-electron chi connectivity index (χ2n) is 7.49. The summed E-state index contributed by atoms with van der Waals surface area (Å²) in [4.78, 5) is 27.8. The zero-order chi connectivity index (χ0) is 24.6. The fourth-order valence-electron chi connectivity index (χ4n) is 3.79. The lowest BCUT2D eigenvalue weighted by Gasteiger charge is -2.24. The number of ketones is 1. The number of amides is 1. The zero-order valence-corrected chi connectivity index (χ0v) is 19.2. The lowest BCUT2D eigenvalue weighted by atomic mass is 9.99. The molecule has 1 saturated heterocycles. The normalized spacial score (nSPS) is 17.9. The lowest BCUT2D eigenvalue weighted by molar-refractivity contribution is -0.140. The van der Waals surface area contributed by atoms with Gasteiger partial charge in [0.05, 0.1) is 29.3 Å². The molecule has 1 aliphatic heterocycles. The van der Waals surface area contributed by atoms with Gasteiger partial charge in [-0.2, -0.15) is 13.2 Å². The van der Waals surface area contributed by atoms with Gasteiger partial charge in [-0.05, 0) is 47.3 Å². The number of alkyl halides is 3. The van der Waals surface area contributed by atoms with E-state index in [-0.39, 0.29) is 28.3 Å². The number of hydrogen-bond acceptors (Lipinski definition) is 5. The van der Waals surface area contributed by atoms with E-state index in [4.69, 9.17) is 16.3 Å². The van der Waals surface area contributed by atoms with Gasteiger partial charge in [0.15, 0.2) is 0 Å². The van der Waals surface area contributed by atoms with Crippen LogP contribution in [0.5, 0.6) is 5.75 Å². The Hall–Kier alpha value is -3.30. The number of hydrogen-bond donors (Lipinski definition) is 1. The standard InChI is InChI=1S/C24H17ClF3NO4S/c1-33-15-7-8-17(25)16(11-15)21(30)19-20(18-6-3-9-34-18)29(23(32)22(19)31)12-13-4-2-5-14(10-13)24(26,27)28/h2-11,20,30H,12H2,1H3/b21-19-. The molecule has 0 aliphatic carbocycles. The van der Waals surface area contributed by atoms with E-state index in [2.05, 4.69) is 0 Å². The lowest BCUT2D eigenvalue weighted by Crippen LogP contribution is -2.29. The van der Waals surface area contributed by atoms with Gasteiger partial charge < -0.3 is 14.7 Å². The first-order chi connectivity index (χ1) is 16.1. The summed E-state index contributed by atoms with van der Waals surface area (Å²) in [6, 6.07) is 11.4. The van der Waals surface area contributed by atoms with Crippen molar-refractivity contribution in [2.75, 3.05) is 7.11 Å². The molecular weight excluding hydrogens is 491 g/mol. The van der Waals surface area contributed by atoms with Crippen molar-refractivity contribution in [3.8, 4) is 5.75 Å². The minimum atomic E-state index is -4.56. The smallest absolute Gasteiger partial charge is 0.416 e. The Morgan fingerprint density at radius 3 is 2.56 bits per heavy atom. The Kier molecular flexibility index (Phi) is 6.42. The fourth-order valence-corrected chi connectivity index (χ4v) is 4.84. The van der Waals surface area contributed by atoms with Crippen molar-refractivity contribution < 1.29 is 32.6 Å². The minimum absolute atomic E-state index is 0.0969. The van der Waals surface area contributed by atoms with Crippen molar-refractivity contribution in [2.24, 2.45) is 0 Å². The number of rotatable bonds is 5. The van der Waals surface area contributed by atoms with Gasteiger partial charge in [-0.1, -0.05) is 29.8 Å². The molecule has 4 rings (SSSR count). The molecule has 0 bridgehead atoms. The van der Waals surface area contributed by atoms with Crippen LogP contribution in [-0.4, -0.2) is 28.8 Å². The molecule has 2 aromatic carbocycles. The third-order valence-corrected chi connectivity index (χ3v) is 6.64. The maximum absolute atomic E-state index is 13.2. The third-order valence-electron chi connectivity index (χ3n) is 5.39. The molecule has 5 nitrogen and oxygen atoms in total. The maximum atomic E-state index is 13.2. The molecule has 0 spiro atoms. The molecule has 10 heteroatoms. The van der Waals surface area contributed by atoms with Gasteiger partial charge >= 0.3 is 6.18 Å². The van der Waals surface area contributed by atoms with E-state index in [1.807, 2.05) is 0 Å². The molecule has 0 radical (unpaired) electrons. The Morgan fingerprint density at radius 1 is 1.15 bits per heavy atom. The second kappa shape index (κ2) is 9.15. The van der Waals surface area contributed by atoms with Crippen LogP contribution in [0.15, 0.2) is 65.6 Å². The molecule has 1 aromatic heterocycles. The monoisotopic (exact) mass is 507 g/mol. The number of Topliss-reactive ketones (excluding diaryl/α,β-unsaturated/α-hetero) is 1. The number of ether oxygens (including phenoxy) is 1. The number of carbonyl (C=O) groups excluding carboxylic acids is 2. The summed E-state index contributed by atoms with van der Waals surface area (Å²) in [5, 5.41) is 13.0. The SMILES string of the molecule is COc1ccc(Cl)c(/C(O)=C2/C(=O)C(=O)N(Cc3cccc(C(F)(F)F)c3)C2c2cccs2)c1. The van der Waals surface area contributed by atoms with Gasteiger partial charge in [0.2, 0.25) is 0 Å². The second-order valence-corrected chi connectivity index (χ2v) is 8.87. The van der Waals surface area contributed by atoms with Gasteiger partial charge in [-0.15, -0.1) is 11.3 Å². The van der Waals surface area contributed by atoms with Gasteiger partial charge in [0.25, 0.3) is 11.7 Å². The summed E-state index contributed by atoms with van der Waals surface area (Å²) in [7, 11) is 1.42. The highest BCUT2D eigenvalue weighted by Crippen LogP contribution is 2.43. The number of aliphatic hydroxyl groups is 1. The highest BCUT2D eigenvalue weighted by molar-refractivity contribution is 7.10. The first kappa shape index (κ1) is 23.8. The van der Waals surface area contributed by atoms with E-state index < -0.39 is 35.2 Å².